The molecule has 1 aliphatic heterocycles. The van der Waals surface area contributed by atoms with Crippen LogP contribution in [0.4, 0.5) is 4.39 Å². The molecule has 0 radical (unpaired) electrons. The number of carbonyl (C=O) groups is 2. The van der Waals surface area contributed by atoms with Crippen LogP contribution in [0.15, 0.2) is 71.1 Å². The van der Waals surface area contributed by atoms with Gasteiger partial charge in [0, 0.05) is 30.6 Å². The van der Waals surface area contributed by atoms with Crippen molar-refractivity contribution in [1.82, 2.24) is 19.9 Å². The Morgan fingerprint density at radius 2 is 1.72 bits per heavy atom. The summed E-state index contributed by atoms with van der Waals surface area (Å²) in [4.78, 5) is 40.1. The SMILES string of the molecule is O=C(O)CCCCc1nc2cc(C(=O)N3CC(c4nc5ccccc5o4)C3)ccc2nc1-c1ccc(F)cc1. The summed E-state index contributed by atoms with van der Waals surface area (Å²) in [6.45, 7) is 1.04. The molecule has 3 heterocycles. The summed E-state index contributed by atoms with van der Waals surface area (Å²) in [7, 11) is 0. The summed E-state index contributed by atoms with van der Waals surface area (Å²) in [5.74, 6) is -0.590. The van der Waals surface area contributed by atoms with Gasteiger partial charge in [-0.15, -0.1) is 0 Å². The molecule has 5 aromatic rings. The van der Waals surface area contributed by atoms with E-state index in [1.165, 1.54) is 12.1 Å². The number of rotatable bonds is 8. The minimum atomic E-state index is -0.842. The fourth-order valence-electron chi connectivity index (χ4n) is 4.85. The standard InChI is InChI=1S/C30H25FN4O4/c31-21-12-9-18(10-13-21)28-24(6-2-4-8-27(36)37)32-25-15-19(11-14-22(25)33-28)30(38)35-16-20(17-35)29-34-23-5-1-3-7-26(23)39-29/h1,3,5,7,9-15,20H,2,4,6,8,16-17H2,(H,36,37). The lowest BCUT2D eigenvalue weighted by Gasteiger charge is -2.37. The Hall–Kier alpha value is -4.66. The Balaban J connectivity index is 1.23. The summed E-state index contributed by atoms with van der Waals surface area (Å²) >= 11 is 0. The number of aryl methyl sites for hydroxylation is 1. The highest BCUT2D eigenvalue weighted by Gasteiger charge is 2.35. The van der Waals surface area contributed by atoms with Crippen LogP contribution in [0.3, 0.4) is 0 Å². The number of carbonyl (C=O) groups excluding carboxylic acids is 1. The minimum absolute atomic E-state index is 0.0530. The fourth-order valence-corrected chi connectivity index (χ4v) is 4.85. The highest BCUT2D eigenvalue weighted by Crippen LogP contribution is 2.31. The van der Waals surface area contributed by atoms with Crippen molar-refractivity contribution in [1.29, 1.82) is 0 Å². The first-order chi connectivity index (χ1) is 18.9. The molecule has 2 aromatic heterocycles. The Bertz CT molecular complexity index is 1660. The van der Waals surface area contributed by atoms with Crippen LogP contribution in [0.5, 0.6) is 0 Å². The number of halogens is 1. The average molecular weight is 525 g/mol. The van der Waals surface area contributed by atoms with Crippen LogP contribution in [0.25, 0.3) is 33.4 Å². The number of nitrogens with zero attached hydrogens (tertiary/aromatic N) is 4. The van der Waals surface area contributed by atoms with Crippen LogP contribution in [-0.2, 0) is 11.2 Å². The lowest BCUT2D eigenvalue weighted by molar-refractivity contribution is -0.137. The molecule has 0 unspecified atom stereocenters. The second-order valence-electron chi connectivity index (χ2n) is 9.76. The van der Waals surface area contributed by atoms with Gasteiger partial charge in [-0.3, -0.25) is 9.59 Å². The summed E-state index contributed by atoms with van der Waals surface area (Å²) in [6.07, 6.45) is 1.71. The first-order valence-electron chi connectivity index (χ1n) is 12.9. The second-order valence-corrected chi connectivity index (χ2v) is 9.76. The molecule has 0 aliphatic carbocycles. The summed E-state index contributed by atoms with van der Waals surface area (Å²) in [5.41, 5.74) is 5.30. The van der Waals surface area contributed by atoms with E-state index in [9.17, 15) is 14.0 Å². The molecule has 1 amide bonds. The number of amides is 1. The maximum Gasteiger partial charge on any atom is 0.303 e. The van der Waals surface area contributed by atoms with Crippen LogP contribution in [0.2, 0.25) is 0 Å². The van der Waals surface area contributed by atoms with E-state index in [2.05, 4.69) is 4.98 Å². The van der Waals surface area contributed by atoms with Crippen LogP contribution in [0, 0.1) is 5.82 Å². The van der Waals surface area contributed by atoms with Crippen LogP contribution >= 0.6 is 0 Å². The van der Waals surface area contributed by atoms with Crippen LogP contribution < -0.4 is 0 Å². The van der Waals surface area contributed by atoms with Gasteiger partial charge in [-0.25, -0.2) is 19.3 Å². The van der Waals surface area contributed by atoms with Crippen LogP contribution in [-0.4, -0.2) is 49.9 Å². The third kappa shape index (κ3) is 5.07. The van der Waals surface area contributed by atoms with Gasteiger partial charge in [0.05, 0.1) is 28.3 Å². The quantitative estimate of drug-likeness (QED) is 0.263. The molecule has 0 bridgehead atoms. The summed E-state index contributed by atoms with van der Waals surface area (Å²) in [6, 6.07) is 18.9. The van der Waals surface area contributed by atoms with Crippen molar-refractivity contribution >= 4 is 34.0 Å². The Morgan fingerprint density at radius 3 is 2.49 bits per heavy atom. The Morgan fingerprint density at radius 1 is 0.923 bits per heavy atom. The fraction of sp³-hybridized carbons (Fsp3) is 0.233. The zero-order chi connectivity index (χ0) is 26.9. The molecule has 9 heteroatoms. The van der Waals surface area contributed by atoms with Crippen molar-refractivity contribution in [2.24, 2.45) is 0 Å². The van der Waals surface area contributed by atoms with Crippen molar-refractivity contribution in [3.8, 4) is 11.3 Å². The summed E-state index contributed by atoms with van der Waals surface area (Å²) < 4.78 is 19.4. The number of likely N-dealkylation sites (tertiary alicyclic amines) is 1. The van der Waals surface area contributed by atoms with Gasteiger partial charge < -0.3 is 14.4 Å². The molecular formula is C30H25FN4O4. The highest BCUT2D eigenvalue weighted by atomic mass is 19.1. The molecule has 0 atom stereocenters. The van der Waals surface area contributed by atoms with Crippen molar-refractivity contribution < 1.29 is 23.5 Å². The number of carboxylic acids is 1. The number of aromatic nitrogens is 3. The van der Waals surface area contributed by atoms with E-state index < -0.39 is 5.97 Å². The van der Waals surface area contributed by atoms with Gasteiger partial charge in [-0.05, 0) is 73.9 Å². The van der Waals surface area contributed by atoms with Gasteiger partial charge in [-0.2, -0.15) is 0 Å². The highest BCUT2D eigenvalue weighted by molar-refractivity contribution is 5.98. The predicted octanol–water partition coefficient (Wildman–Crippen LogP) is 5.61. The van der Waals surface area contributed by atoms with Gasteiger partial charge in [-0.1, -0.05) is 12.1 Å². The van der Waals surface area contributed by atoms with Gasteiger partial charge in [0.25, 0.3) is 5.91 Å². The molecule has 1 aliphatic rings. The van der Waals surface area contributed by atoms with E-state index in [4.69, 9.17) is 19.5 Å². The average Bonchev–Trinajstić information content (AvgIpc) is 3.33. The molecule has 3 aromatic carbocycles. The number of unbranched alkanes of at least 4 members (excludes halogenated alkanes) is 1. The number of fused-ring (bicyclic) bond motifs is 2. The van der Waals surface area contributed by atoms with E-state index in [1.54, 1.807) is 35.2 Å². The van der Waals surface area contributed by atoms with Crippen molar-refractivity contribution in [2.75, 3.05) is 13.1 Å². The number of oxazole rings is 1. The van der Waals surface area contributed by atoms with E-state index in [0.29, 0.717) is 66.2 Å². The van der Waals surface area contributed by atoms with Gasteiger partial charge in [0.2, 0.25) is 5.89 Å². The zero-order valence-corrected chi connectivity index (χ0v) is 21.0. The van der Waals surface area contributed by atoms with E-state index in [0.717, 1.165) is 16.7 Å². The largest absolute Gasteiger partial charge is 0.481 e. The molecule has 1 saturated heterocycles. The van der Waals surface area contributed by atoms with E-state index in [-0.39, 0.29) is 24.1 Å². The lowest BCUT2D eigenvalue weighted by Crippen LogP contribution is -2.48. The number of carboxylic acid groups (broad SMARTS) is 1. The van der Waals surface area contributed by atoms with Gasteiger partial charge in [0.15, 0.2) is 5.58 Å². The molecule has 196 valence electrons. The van der Waals surface area contributed by atoms with Gasteiger partial charge in [0.1, 0.15) is 11.3 Å². The number of hydrogen-bond donors (Lipinski definition) is 1. The Labute approximate surface area is 223 Å². The third-order valence-corrected chi connectivity index (χ3v) is 6.98. The number of aliphatic carboxylic acids is 1. The monoisotopic (exact) mass is 524 g/mol. The molecule has 39 heavy (non-hydrogen) atoms. The van der Waals surface area contributed by atoms with E-state index in [1.807, 2.05) is 24.3 Å². The lowest BCUT2D eigenvalue weighted by atomic mass is 9.98. The first kappa shape index (κ1) is 24.7. The van der Waals surface area contributed by atoms with Crippen LogP contribution in [0.1, 0.15) is 47.1 Å². The number of hydrogen-bond acceptors (Lipinski definition) is 6. The molecular weight excluding hydrogens is 499 g/mol. The molecule has 6 rings (SSSR count). The molecule has 0 spiro atoms. The topological polar surface area (TPSA) is 109 Å². The number of para-hydroxylation sites is 2. The first-order valence-corrected chi connectivity index (χ1v) is 12.9. The molecule has 0 saturated carbocycles. The van der Waals surface area contributed by atoms with Crippen molar-refractivity contribution in [3.63, 3.8) is 0 Å². The summed E-state index contributed by atoms with van der Waals surface area (Å²) in [5, 5.41) is 8.97. The van der Waals surface area contributed by atoms with Crippen molar-refractivity contribution in [3.05, 3.63) is 89.7 Å². The Kier molecular flexibility index (Phi) is 6.48. The minimum Gasteiger partial charge on any atom is -0.481 e. The normalized spacial score (nSPS) is 13.6. The molecule has 1 N–H and O–H groups in total. The molecule has 1 fully saturated rings. The smallest absolute Gasteiger partial charge is 0.303 e. The number of benzene rings is 3. The maximum absolute atomic E-state index is 13.5. The van der Waals surface area contributed by atoms with Gasteiger partial charge >= 0.3 is 5.97 Å². The second kappa shape index (κ2) is 10.2. The molecule has 8 nitrogen and oxygen atoms in total. The zero-order valence-electron chi connectivity index (χ0n) is 21.0. The predicted molar refractivity (Wildman–Crippen MR) is 143 cm³/mol. The van der Waals surface area contributed by atoms with E-state index >= 15 is 0 Å². The third-order valence-electron chi connectivity index (χ3n) is 6.98. The maximum atomic E-state index is 13.5. The van der Waals surface area contributed by atoms with Crippen molar-refractivity contribution in [2.45, 2.75) is 31.6 Å².